The van der Waals surface area contributed by atoms with Crippen molar-refractivity contribution in [3.63, 3.8) is 0 Å². The smallest absolute Gasteiger partial charge is 0.307 e. The van der Waals surface area contributed by atoms with Crippen LogP contribution in [0.15, 0.2) is 58.3 Å². The summed E-state index contributed by atoms with van der Waals surface area (Å²) < 4.78 is 0. The van der Waals surface area contributed by atoms with Crippen molar-refractivity contribution >= 4 is 36.9 Å². The highest BCUT2D eigenvalue weighted by atomic mass is 32.1. The second-order valence-electron chi connectivity index (χ2n) is 3.83. The monoisotopic (exact) mass is 293 g/mol. The summed E-state index contributed by atoms with van der Waals surface area (Å²) in [7, 11) is 0. The van der Waals surface area contributed by atoms with Crippen molar-refractivity contribution in [3.8, 4) is 0 Å². The normalized spacial score (nSPS) is 9.37. The molecule has 3 nitrogen and oxygen atoms in total. The second kappa shape index (κ2) is 7.76. The van der Waals surface area contributed by atoms with Crippen LogP contribution in [0, 0.1) is 0 Å². The fraction of sp³-hybridized carbons (Fsp3) is 0.0714. The van der Waals surface area contributed by atoms with E-state index >= 15 is 0 Å². The molecule has 0 fully saturated rings. The minimum atomic E-state index is -0.808. The molecular formula is C14H15NO2S2. The maximum absolute atomic E-state index is 10.2. The number of rotatable bonds is 2. The van der Waals surface area contributed by atoms with Gasteiger partial charge in [-0.15, -0.1) is 25.3 Å². The number of hydrogen-bond donors (Lipinski definition) is 4. The van der Waals surface area contributed by atoms with Gasteiger partial charge in [0.05, 0.1) is 6.42 Å². The molecule has 0 atom stereocenters. The molecule has 100 valence electrons. The minimum absolute atomic E-state index is 0.0774. The fourth-order valence-corrected chi connectivity index (χ4v) is 1.56. The van der Waals surface area contributed by atoms with Gasteiger partial charge in [0.25, 0.3) is 0 Å². The maximum Gasteiger partial charge on any atom is 0.307 e. The molecule has 0 radical (unpaired) electrons. The zero-order valence-corrected chi connectivity index (χ0v) is 11.9. The summed E-state index contributed by atoms with van der Waals surface area (Å²) in [5, 5.41) is 8.42. The standard InChI is InChI=1S/C8H8O2S.C6H7NS/c9-8(10)5-6-1-3-7(11)4-2-6;7-5-1-3-6(8)4-2-5/h1-4,11H,5H2,(H,9,10);1-4,8H,7H2. The Labute approximate surface area is 123 Å². The Kier molecular flexibility index (Phi) is 6.32. The third-order valence-electron chi connectivity index (χ3n) is 2.18. The summed E-state index contributed by atoms with van der Waals surface area (Å²) in [6.07, 6.45) is 0.0774. The molecule has 2 rings (SSSR count). The number of carboxylic acid groups (broad SMARTS) is 1. The van der Waals surface area contributed by atoms with Crippen molar-refractivity contribution in [2.45, 2.75) is 16.2 Å². The van der Waals surface area contributed by atoms with Gasteiger partial charge in [0.15, 0.2) is 0 Å². The molecule has 0 heterocycles. The lowest BCUT2D eigenvalue weighted by Crippen LogP contribution is -1.99. The molecule has 0 saturated heterocycles. The topological polar surface area (TPSA) is 63.3 Å². The largest absolute Gasteiger partial charge is 0.481 e. The first-order valence-electron chi connectivity index (χ1n) is 5.51. The van der Waals surface area contributed by atoms with Crippen LogP contribution in [0.1, 0.15) is 5.56 Å². The highest BCUT2D eigenvalue weighted by Crippen LogP contribution is 2.08. The van der Waals surface area contributed by atoms with Crippen molar-refractivity contribution in [2.24, 2.45) is 0 Å². The number of anilines is 1. The van der Waals surface area contributed by atoms with E-state index in [-0.39, 0.29) is 6.42 Å². The average molecular weight is 293 g/mol. The number of carbonyl (C=O) groups is 1. The molecular weight excluding hydrogens is 278 g/mol. The number of thiol groups is 2. The van der Waals surface area contributed by atoms with E-state index in [1.165, 1.54) is 0 Å². The first-order chi connectivity index (χ1) is 8.97. The zero-order valence-electron chi connectivity index (χ0n) is 10.2. The van der Waals surface area contributed by atoms with E-state index in [0.29, 0.717) is 0 Å². The average Bonchev–Trinajstić information content (AvgIpc) is 2.36. The fourth-order valence-electron chi connectivity index (χ4n) is 1.26. The van der Waals surface area contributed by atoms with Gasteiger partial charge in [0, 0.05) is 15.5 Å². The number of hydrogen-bond acceptors (Lipinski definition) is 4. The lowest BCUT2D eigenvalue weighted by molar-refractivity contribution is -0.136. The Hall–Kier alpha value is -1.59. The van der Waals surface area contributed by atoms with E-state index in [4.69, 9.17) is 10.8 Å². The Morgan fingerprint density at radius 2 is 1.37 bits per heavy atom. The molecule has 0 bridgehead atoms. The maximum atomic E-state index is 10.2. The first kappa shape index (κ1) is 15.5. The van der Waals surface area contributed by atoms with Crippen LogP contribution < -0.4 is 5.73 Å². The van der Waals surface area contributed by atoms with Crippen molar-refractivity contribution in [3.05, 3.63) is 54.1 Å². The zero-order chi connectivity index (χ0) is 14.3. The Morgan fingerprint density at radius 3 is 1.74 bits per heavy atom. The number of aliphatic carboxylic acids is 1. The van der Waals surface area contributed by atoms with Crippen molar-refractivity contribution in [1.82, 2.24) is 0 Å². The van der Waals surface area contributed by atoms with Gasteiger partial charge in [-0.2, -0.15) is 0 Å². The molecule has 19 heavy (non-hydrogen) atoms. The van der Waals surface area contributed by atoms with Gasteiger partial charge in [-0.3, -0.25) is 4.79 Å². The number of carboxylic acids is 1. The number of benzene rings is 2. The third kappa shape index (κ3) is 6.79. The van der Waals surface area contributed by atoms with E-state index in [0.717, 1.165) is 21.0 Å². The lowest BCUT2D eigenvalue weighted by Gasteiger charge is -1.95. The summed E-state index contributed by atoms with van der Waals surface area (Å²) >= 11 is 8.15. The summed E-state index contributed by atoms with van der Waals surface area (Å²) in [5.74, 6) is -0.808. The van der Waals surface area contributed by atoms with Gasteiger partial charge in [0.2, 0.25) is 0 Å². The molecule has 0 amide bonds. The number of nitrogens with two attached hydrogens (primary N) is 1. The minimum Gasteiger partial charge on any atom is -0.481 e. The van der Waals surface area contributed by atoms with Crippen LogP contribution in [-0.4, -0.2) is 11.1 Å². The summed E-state index contributed by atoms with van der Waals surface area (Å²) in [5.41, 5.74) is 6.97. The van der Waals surface area contributed by atoms with E-state index in [9.17, 15) is 4.79 Å². The summed E-state index contributed by atoms with van der Waals surface area (Å²) in [4.78, 5) is 12.0. The van der Waals surface area contributed by atoms with Gasteiger partial charge < -0.3 is 10.8 Å². The van der Waals surface area contributed by atoms with Crippen LogP contribution in [0.4, 0.5) is 5.69 Å². The van der Waals surface area contributed by atoms with Crippen LogP contribution in [0.3, 0.4) is 0 Å². The van der Waals surface area contributed by atoms with Crippen molar-refractivity contribution in [1.29, 1.82) is 0 Å². The van der Waals surface area contributed by atoms with Crippen LogP contribution in [0.25, 0.3) is 0 Å². The van der Waals surface area contributed by atoms with Gasteiger partial charge in [-0.25, -0.2) is 0 Å². The third-order valence-corrected chi connectivity index (χ3v) is 2.78. The Balaban J connectivity index is 0.000000200. The molecule has 0 saturated carbocycles. The molecule has 0 aliphatic carbocycles. The van der Waals surface area contributed by atoms with Gasteiger partial charge in [-0.1, -0.05) is 12.1 Å². The molecule has 3 N–H and O–H groups in total. The SMILES string of the molecule is Nc1ccc(S)cc1.O=C(O)Cc1ccc(S)cc1. The van der Waals surface area contributed by atoms with E-state index in [2.05, 4.69) is 25.3 Å². The van der Waals surface area contributed by atoms with Crippen LogP contribution in [0.5, 0.6) is 0 Å². The lowest BCUT2D eigenvalue weighted by atomic mass is 10.2. The Bertz CT molecular complexity index is 503. The molecule has 5 heteroatoms. The molecule has 0 aliphatic heterocycles. The molecule has 2 aromatic rings. The highest BCUT2D eigenvalue weighted by molar-refractivity contribution is 7.80. The summed E-state index contributed by atoms with van der Waals surface area (Å²) in [6, 6.07) is 14.4. The molecule has 0 unspecified atom stereocenters. The van der Waals surface area contributed by atoms with Crippen LogP contribution >= 0.6 is 25.3 Å². The Morgan fingerprint density at radius 1 is 0.947 bits per heavy atom. The number of nitrogen functional groups attached to an aromatic ring is 1. The molecule has 2 aromatic carbocycles. The van der Waals surface area contributed by atoms with Gasteiger partial charge >= 0.3 is 5.97 Å². The molecule has 0 spiro atoms. The van der Waals surface area contributed by atoms with E-state index in [1.54, 1.807) is 24.3 Å². The second-order valence-corrected chi connectivity index (χ2v) is 4.86. The first-order valence-corrected chi connectivity index (χ1v) is 6.41. The quantitative estimate of drug-likeness (QED) is 0.508. The summed E-state index contributed by atoms with van der Waals surface area (Å²) in [6.45, 7) is 0. The van der Waals surface area contributed by atoms with E-state index in [1.807, 2.05) is 24.3 Å². The van der Waals surface area contributed by atoms with Crippen molar-refractivity contribution < 1.29 is 9.90 Å². The highest BCUT2D eigenvalue weighted by Gasteiger charge is 1.98. The molecule has 0 aromatic heterocycles. The predicted molar refractivity (Wildman–Crippen MR) is 83.1 cm³/mol. The predicted octanol–water partition coefficient (Wildman–Crippen LogP) is 3.16. The van der Waals surface area contributed by atoms with E-state index < -0.39 is 5.97 Å². The van der Waals surface area contributed by atoms with Crippen molar-refractivity contribution in [2.75, 3.05) is 5.73 Å². The molecule has 0 aliphatic rings. The van der Waals surface area contributed by atoms with Crippen LogP contribution in [0.2, 0.25) is 0 Å². The van der Waals surface area contributed by atoms with Gasteiger partial charge in [-0.05, 0) is 42.0 Å². The van der Waals surface area contributed by atoms with Crippen LogP contribution in [-0.2, 0) is 11.2 Å². The van der Waals surface area contributed by atoms with Gasteiger partial charge in [0.1, 0.15) is 0 Å².